The summed E-state index contributed by atoms with van der Waals surface area (Å²) in [6, 6.07) is 6.46. The molecule has 0 bridgehead atoms. The Bertz CT molecular complexity index is 990. The number of nitrogens with zero attached hydrogens (tertiary/aromatic N) is 3. The highest BCUT2D eigenvalue weighted by atomic mass is 32.2. The molecule has 0 aliphatic carbocycles. The van der Waals surface area contributed by atoms with Gasteiger partial charge in [-0.05, 0) is 12.1 Å². The number of nitrogens with one attached hydrogen (secondary N) is 1. The first-order valence-electron chi connectivity index (χ1n) is 6.43. The average Bonchev–Trinajstić information content (AvgIpc) is 2.98. The van der Waals surface area contributed by atoms with Crippen molar-refractivity contribution in [3.63, 3.8) is 0 Å². The predicted octanol–water partition coefficient (Wildman–Crippen LogP) is 0.298. The Morgan fingerprint density at radius 1 is 1.26 bits per heavy atom. The number of aromatic amines is 1. The second-order valence-electron chi connectivity index (χ2n) is 4.52. The molecule has 10 heteroatoms. The third kappa shape index (κ3) is 3.16. The van der Waals surface area contributed by atoms with Gasteiger partial charge in [0.25, 0.3) is 16.3 Å². The van der Waals surface area contributed by atoms with Crippen molar-refractivity contribution in [3.8, 4) is 0 Å². The van der Waals surface area contributed by atoms with Gasteiger partial charge in [0.15, 0.2) is 0 Å². The zero-order valence-electron chi connectivity index (χ0n) is 11.6. The number of hydrogen-bond donors (Lipinski definition) is 2. The van der Waals surface area contributed by atoms with Crippen molar-refractivity contribution in [3.05, 3.63) is 50.9 Å². The fourth-order valence-corrected chi connectivity index (χ4v) is 2.48. The molecule has 118 valence electrons. The highest BCUT2D eigenvalue weighted by molar-refractivity contribution is 7.99. The van der Waals surface area contributed by atoms with Crippen LogP contribution in [0.2, 0.25) is 0 Å². The summed E-state index contributed by atoms with van der Waals surface area (Å²) in [5, 5.41) is 19.1. The van der Waals surface area contributed by atoms with Crippen LogP contribution in [0.3, 0.4) is 0 Å². The zero-order valence-corrected chi connectivity index (χ0v) is 12.4. The van der Waals surface area contributed by atoms with Gasteiger partial charge in [-0.25, -0.2) is 4.68 Å². The Kier molecular flexibility index (Phi) is 3.98. The summed E-state index contributed by atoms with van der Waals surface area (Å²) in [7, 11) is 0. The summed E-state index contributed by atoms with van der Waals surface area (Å²) in [5.74, 6) is -1.13. The minimum Gasteiger partial charge on any atom is -0.481 e. The number of thioether (sulfide) groups is 1. The molecule has 9 nitrogen and oxygen atoms in total. The molecule has 1 aromatic carbocycles. The van der Waals surface area contributed by atoms with Crippen molar-refractivity contribution in [2.24, 2.45) is 0 Å². The standard InChI is InChI=1S/C13H10N4O5S/c18-10(19)6-23-13-15-14-9(22-13)5-17-12(21)8-4-2-1-3-7(8)11(20)16-17/h1-4H,5-6H2,(H,16,20)(H,18,19). The molecular formula is C13H10N4O5S. The molecule has 0 spiro atoms. The van der Waals surface area contributed by atoms with Crippen LogP contribution in [0.15, 0.2) is 43.5 Å². The van der Waals surface area contributed by atoms with Crippen LogP contribution in [0.25, 0.3) is 10.8 Å². The van der Waals surface area contributed by atoms with E-state index in [0.717, 1.165) is 16.4 Å². The largest absolute Gasteiger partial charge is 0.481 e. The van der Waals surface area contributed by atoms with Crippen LogP contribution in [0, 0.1) is 0 Å². The van der Waals surface area contributed by atoms with Crippen molar-refractivity contribution in [2.45, 2.75) is 11.8 Å². The fraction of sp³-hybridized carbons (Fsp3) is 0.154. The van der Waals surface area contributed by atoms with Gasteiger partial charge in [0.2, 0.25) is 5.89 Å². The maximum absolute atomic E-state index is 12.3. The molecule has 0 fully saturated rings. The maximum atomic E-state index is 12.3. The van der Waals surface area contributed by atoms with E-state index in [9.17, 15) is 14.4 Å². The van der Waals surface area contributed by atoms with Crippen LogP contribution < -0.4 is 11.1 Å². The number of rotatable bonds is 5. The third-order valence-corrected chi connectivity index (χ3v) is 3.75. The second-order valence-corrected chi connectivity index (χ2v) is 5.45. The van der Waals surface area contributed by atoms with Gasteiger partial charge in [0, 0.05) is 0 Å². The molecule has 0 unspecified atom stereocenters. The number of benzene rings is 1. The summed E-state index contributed by atoms with van der Waals surface area (Å²) in [4.78, 5) is 34.8. The summed E-state index contributed by atoms with van der Waals surface area (Å²) in [6.07, 6.45) is 0. The Morgan fingerprint density at radius 2 is 2.00 bits per heavy atom. The molecule has 0 aliphatic heterocycles. The lowest BCUT2D eigenvalue weighted by molar-refractivity contribution is -0.133. The van der Waals surface area contributed by atoms with Gasteiger partial charge in [-0.15, -0.1) is 10.2 Å². The highest BCUT2D eigenvalue weighted by Crippen LogP contribution is 2.15. The van der Waals surface area contributed by atoms with Gasteiger partial charge in [-0.1, -0.05) is 23.9 Å². The molecule has 0 saturated carbocycles. The van der Waals surface area contributed by atoms with E-state index in [2.05, 4.69) is 15.3 Å². The molecule has 3 rings (SSSR count). The Labute approximate surface area is 131 Å². The highest BCUT2D eigenvalue weighted by Gasteiger charge is 2.12. The number of aromatic nitrogens is 4. The number of carboxylic acid groups (broad SMARTS) is 1. The predicted molar refractivity (Wildman–Crippen MR) is 80.6 cm³/mol. The summed E-state index contributed by atoms with van der Waals surface area (Å²) in [5.41, 5.74) is -0.793. The monoisotopic (exact) mass is 334 g/mol. The number of carboxylic acids is 1. The van der Waals surface area contributed by atoms with Gasteiger partial charge >= 0.3 is 5.97 Å². The van der Waals surface area contributed by atoms with Gasteiger partial charge in [-0.2, -0.15) is 0 Å². The molecule has 0 atom stereocenters. The average molecular weight is 334 g/mol. The van der Waals surface area contributed by atoms with Crippen LogP contribution in [0.5, 0.6) is 0 Å². The van der Waals surface area contributed by atoms with E-state index in [1.165, 1.54) is 0 Å². The number of carbonyl (C=O) groups is 1. The van der Waals surface area contributed by atoms with Gasteiger partial charge in [-0.3, -0.25) is 19.5 Å². The smallest absolute Gasteiger partial charge is 0.314 e. The normalized spacial score (nSPS) is 11.0. The van der Waals surface area contributed by atoms with E-state index in [1.54, 1.807) is 24.3 Å². The van der Waals surface area contributed by atoms with Gasteiger partial charge in [0.1, 0.15) is 12.3 Å². The summed E-state index contributed by atoms with van der Waals surface area (Å²) < 4.78 is 6.31. The zero-order chi connectivity index (χ0) is 16.4. The number of H-pyrrole nitrogens is 1. The Balaban J connectivity index is 1.90. The molecule has 2 N–H and O–H groups in total. The van der Waals surface area contributed by atoms with Crippen LogP contribution in [-0.4, -0.2) is 36.8 Å². The molecular weight excluding hydrogens is 324 g/mol. The molecule has 0 aliphatic rings. The minimum absolute atomic E-state index is 0.0820. The van der Waals surface area contributed by atoms with Crippen LogP contribution in [-0.2, 0) is 11.3 Å². The molecule has 3 aromatic rings. The van der Waals surface area contributed by atoms with E-state index in [1.807, 2.05) is 0 Å². The van der Waals surface area contributed by atoms with Crippen LogP contribution in [0.4, 0.5) is 0 Å². The lowest BCUT2D eigenvalue weighted by Gasteiger charge is -2.04. The first-order valence-corrected chi connectivity index (χ1v) is 7.42. The molecule has 23 heavy (non-hydrogen) atoms. The quantitative estimate of drug-likeness (QED) is 0.637. The maximum Gasteiger partial charge on any atom is 0.314 e. The SMILES string of the molecule is O=C(O)CSc1nnc(Cn2[nH]c(=O)c3ccccc3c2=O)o1. The van der Waals surface area contributed by atoms with E-state index in [4.69, 9.17) is 9.52 Å². The first-order chi connectivity index (χ1) is 11.0. The molecule has 0 amide bonds. The van der Waals surface area contributed by atoms with Crippen molar-refractivity contribution in [2.75, 3.05) is 5.75 Å². The second kappa shape index (κ2) is 6.08. The molecule has 2 aromatic heterocycles. The van der Waals surface area contributed by atoms with Crippen LogP contribution >= 0.6 is 11.8 Å². The number of aliphatic carboxylic acids is 1. The topological polar surface area (TPSA) is 131 Å². The summed E-state index contributed by atoms with van der Waals surface area (Å²) >= 11 is 0.871. The number of hydrogen-bond acceptors (Lipinski definition) is 7. The van der Waals surface area contributed by atoms with Gasteiger partial charge in [0.05, 0.1) is 10.8 Å². The Hall–Kier alpha value is -2.88. The Morgan fingerprint density at radius 3 is 2.74 bits per heavy atom. The first kappa shape index (κ1) is 15.0. The third-order valence-electron chi connectivity index (χ3n) is 2.94. The van der Waals surface area contributed by atoms with Crippen molar-refractivity contribution >= 4 is 28.5 Å². The molecule has 0 radical (unpaired) electrons. The van der Waals surface area contributed by atoms with Crippen molar-refractivity contribution < 1.29 is 14.3 Å². The lowest BCUT2D eigenvalue weighted by atomic mass is 10.2. The molecule has 0 saturated heterocycles. The van der Waals surface area contributed by atoms with Gasteiger partial charge < -0.3 is 9.52 Å². The van der Waals surface area contributed by atoms with E-state index < -0.39 is 17.1 Å². The fourth-order valence-electron chi connectivity index (χ4n) is 1.98. The van der Waals surface area contributed by atoms with E-state index in [0.29, 0.717) is 5.39 Å². The van der Waals surface area contributed by atoms with Crippen LogP contribution in [0.1, 0.15) is 5.89 Å². The molecule has 2 heterocycles. The van der Waals surface area contributed by atoms with E-state index >= 15 is 0 Å². The van der Waals surface area contributed by atoms with E-state index in [-0.39, 0.29) is 28.8 Å². The minimum atomic E-state index is -1.01. The number of fused-ring (bicyclic) bond motifs is 1. The van der Waals surface area contributed by atoms with Crippen molar-refractivity contribution in [1.29, 1.82) is 0 Å². The summed E-state index contributed by atoms with van der Waals surface area (Å²) in [6.45, 7) is -0.112. The lowest BCUT2D eigenvalue weighted by Crippen LogP contribution is -2.30. The van der Waals surface area contributed by atoms with Crippen molar-refractivity contribution in [1.82, 2.24) is 20.0 Å².